The van der Waals surface area contributed by atoms with Gasteiger partial charge in [-0.25, -0.2) is 4.79 Å². The van der Waals surface area contributed by atoms with Gasteiger partial charge in [0.15, 0.2) is 11.5 Å². The number of ether oxygens (including phenoxy) is 3. The van der Waals surface area contributed by atoms with E-state index in [-0.39, 0.29) is 12.5 Å². The van der Waals surface area contributed by atoms with Gasteiger partial charge in [-0.1, -0.05) is 0 Å². The molecule has 3 aromatic rings. The molecule has 0 aliphatic carbocycles. The molecule has 1 amide bonds. The smallest absolute Gasteiger partial charge is 0.337 e. The first-order valence-electron chi connectivity index (χ1n) is 9.70. The third-order valence-electron chi connectivity index (χ3n) is 4.13. The molecule has 162 valence electrons. The lowest BCUT2D eigenvalue weighted by molar-refractivity contribution is -0.117. The third-order valence-corrected chi connectivity index (χ3v) is 4.13. The fourth-order valence-electron chi connectivity index (χ4n) is 2.75. The van der Waals surface area contributed by atoms with Crippen molar-refractivity contribution >= 4 is 17.6 Å². The molecule has 0 aliphatic rings. The molecule has 0 radical (unpaired) electrons. The number of amides is 1. The minimum absolute atomic E-state index is 0.124. The first-order chi connectivity index (χ1) is 15.0. The Kier molecular flexibility index (Phi) is 7.15. The van der Waals surface area contributed by atoms with E-state index in [2.05, 4.69) is 25.5 Å². The molecule has 0 fully saturated rings. The van der Waals surface area contributed by atoms with Crippen LogP contribution in [-0.4, -0.2) is 52.4 Å². The Balaban J connectivity index is 1.66. The Morgan fingerprint density at radius 2 is 1.71 bits per heavy atom. The Morgan fingerprint density at radius 1 is 1.00 bits per heavy atom. The van der Waals surface area contributed by atoms with Gasteiger partial charge in [-0.2, -0.15) is 4.80 Å². The van der Waals surface area contributed by atoms with Gasteiger partial charge < -0.3 is 19.5 Å². The van der Waals surface area contributed by atoms with E-state index >= 15 is 0 Å². The highest BCUT2D eigenvalue weighted by atomic mass is 16.5. The van der Waals surface area contributed by atoms with Crippen LogP contribution in [0.4, 0.5) is 5.69 Å². The van der Waals surface area contributed by atoms with E-state index in [0.717, 1.165) is 0 Å². The SMILES string of the molecule is CCOc1ccc(-c2nnn(CC(=O)Nc3ccc(C(=O)OC)cc3)n2)cc1OCC. The second-order valence-electron chi connectivity index (χ2n) is 6.29. The lowest BCUT2D eigenvalue weighted by Crippen LogP contribution is -2.20. The van der Waals surface area contributed by atoms with Crippen molar-refractivity contribution in [2.75, 3.05) is 25.6 Å². The van der Waals surface area contributed by atoms with Crippen LogP contribution in [0.25, 0.3) is 11.4 Å². The number of aromatic nitrogens is 4. The maximum absolute atomic E-state index is 12.3. The summed E-state index contributed by atoms with van der Waals surface area (Å²) in [7, 11) is 1.31. The van der Waals surface area contributed by atoms with Crippen LogP contribution >= 0.6 is 0 Å². The summed E-state index contributed by atoms with van der Waals surface area (Å²) >= 11 is 0. The van der Waals surface area contributed by atoms with Gasteiger partial charge in [0, 0.05) is 11.3 Å². The normalized spacial score (nSPS) is 10.4. The zero-order valence-corrected chi connectivity index (χ0v) is 17.5. The number of nitrogens with one attached hydrogen (secondary N) is 1. The van der Waals surface area contributed by atoms with E-state index in [1.165, 1.54) is 11.9 Å². The number of benzene rings is 2. The topological polar surface area (TPSA) is 117 Å². The van der Waals surface area contributed by atoms with E-state index in [4.69, 9.17) is 9.47 Å². The van der Waals surface area contributed by atoms with Crippen molar-refractivity contribution in [3.8, 4) is 22.9 Å². The van der Waals surface area contributed by atoms with Crippen LogP contribution in [0.15, 0.2) is 42.5 Å². The summed E-state index contributed by atoms with van der Waals surface area (Å²) in [6, 6.07) is 11.7. The monoisotopic (exact) mass is 425 g/mol. The molecule has 0 atom stereocenters. The van der Waals surface area contributed by atoms with E-state index in [1.807, 2.05) is 13.8 Å². The number of hydrogen-bond donors (Lipinski definition) is 1. The molecule has 1 heterocycles. The quantitative estimate of drug-likeness (QED) is 0.520. The molecule has 0 aliphatic heterocycles. The highest BCUT2D eigenvalue weighted by Crippen LogP contribution is 2.31. The van der Waals surface area contributed by atoms with Crippen molar-refractivity contribution in [2.24, 2.45) is 0 Å². The number of esters is 1. The van der Waals surface area contributed by atoms with E-state index < -0.39 is 5.97 Å². The second-order valence-corrected chi connectivity index (χ2v) is 6.29. The molecule has 1 aromatic heterocycles. The highest BCUT2D eigenvalue weighted by molar-refractivity contribution is 5.92. The lowest BCUT2D eigenvalue weighted by Gasteiger charge is -2.11. The van der Waals surface area contributed by atoms with Gasteiger partial charge in [0.2, 0.25) is 11.7 Å². The average Bonchev–Trinajstić information content (AvgIpc) is 3.23. The first-order valence-corrected chi connectivity index (χ1v) is 9.70. The summed E-state index contributed by atoms with van der Waals surface area (Å²) < 4.78 is 15.8. The van der Waals surface area contributed by atoms with Crippen molar-refractivity contribution in [1.29, 1.82) is 0 Å². The molecule has 0 saturated carbocycles. The van der Waals surface area contributed by atoms with Gasteiger partial charge in [-0.05, 0) is 61.5 Å². The average molecular weight is 425 g/mol. The molecule has 0 unspecified atom stereocenters. The number of rotatable bonds is 9. The fourth-order valence-corrected chi connectivity index (χ4v) is 2.75. The summed E-state index contributed by atoms with van der Waals surface area (Å²) in [4.78, 5) is 25.0. The lowest BCUT2D eigenvalue weighted by atomic mass is 10.2. The highest BCUT2D eigenvalue weighted by Gasteiger charge is 2.13. The first kappa shape index (κ1) is 21.8. The molecule has 3 rings (SSSR count). The Bertz CT molecular complexity index is 1050. The molecular formula is C21H23N5O5. The van der Waals surface area contributed by atoms with Gasteiger partial charge in [0.05, 0.1) is 25.9 Å². The Labute approximate surface area is 179 Å². The van der Waals surface area contributed by atoms with Crippen molar-refractivity contribution in [1.82, 2.24) is 20.2 Å². The number of carbonyl (C=O) groups excluding carboxylic acids is 2. The molecule has 1 N–H and O–H groups in total. The molecule has 0 saturated heterocycles. The van der Waals surface area contributed by atoms with Gasteiger partial charge in [-0.3, -0.25) is 4.79 Å². The van der Waals surface area contributed by atoms with Crippen LogP contribution in [0.5, 0.6) is 11.5 Å². The molecular weight excluding hydrogens is 402 g/mol. The zero-order valence-electron chi connectivity index (χ0n) is 17.5. The molecule has 2 aromatic carbocycles. The van der Waals surface area contributed by atoms with Gasteiger partial charge in [-0.15, -0.1) is 10.2 Å². The molecule has 10 nitrogen and oxygen atoms in total. The predicted octanol–water partition coefficient (Wildman–Crippen LogP) is 2.56. The fraction of sp³-hybridized carbons (Fsp3) is 0.286. The number of methoxy groups -OCH3 is 1. The maximum Gasteiger partial charge on any atom is 0.337 e. The van der Waals surface area contributed by atoms with Crippen LogP contribution in [-0.2, 0) is 16.1 Å². The third kappa shape index (κ3) is 5.56. The largest absolute Gasteiger partial charge is 0.490 e. The minimum atomic E-state index is -0.445. The molecule has 31 heavy (non-hydrogen) atoms. The summed E-state index contributed by atoms with van der Waals surface area (Å²) in [6.07, 6.45) is 0. The van der Waals surface area contributed by atoms with Crippen molar-refractivity contribution in [2.45, 2.75) is 20.4 Å². The zero-order chi connectivity index (χ0) is 22.2. The standard InChI is InChI=1S/C21H23N5O5/c1-4-30-17-11-8-15(12-18(17)31-5-2)20-23-25-26(24-20)13-19(27)22-16-9-6-14(7-10-16)21(28)29-3/h6-12H,4-5,13H2,1-3H3,(H,22,27). The summed E-state index contributed by atoms with van der Waals surface area (Å²) in [5.74, 6) is 0.805. The van der Waals surface area contributed by atoms with Crippen LogP contribution in [0, 0.1) is 0 Å². The van der Waals surface area contributed by atoms with Crippen LogP contribution in [0.1, 0.15) is 24.2 Å². The van der Waals surface area contributed by atoms with E-state index in [1.54, 1.807) is 42.5 Å². The minimum Gasteiger partial charge on any atom is -0.490 e. The molecule has 0 bridgehead atoms. The summed E-state index contributed by atoms with van der Waals surface area (Å²) in [6.45, 7) is 4.67. The van der Waals surface area contributed by atoms with Crippen molar-refractivity contribution in [3.63, 3.8) is 0 Å². The van der Waals surface area contributed by atoms with E-state index in [0.29, 0.717) is 47.4 Å². The Morgan fingerprint density at radius 3 is 2.39 bits per heavy atom. The van der Waals surface area contributed by atoms with Crippen molar-refractivity contribution in [3.05, 3.63) is 48.0 Å². The second kappa shape index (κ2) is 10.2. The molecule has 0 spiro atoms. The molecule has 10 heteroatoms. The summed E-state index contributed by atoms with van der Waals surface area (Å²) in [5, 5.41) is 14.9. The van der Waals surface area contributed by atoms with E-state index in [9.17, 15) is 9.59 Å². The number of carbonyl (C=O) groups is 2. The Hall–Kier alpha value is -3.95. The number of tetrazole rings is 1. The van der Waals surface area contributed by atoms with Gasteiger partial charge >= 0.3 is 5.97 Å². The summed E-state index contributed by atoms with van der Waals surface area (Å²) in [5.41, 5.74) is 1.62. The van der Waals surface area contributed by atoms with Gasteiger partial charge in [0.25, 0.3) is 0 Å². The maximum atomic E-state index is 12.3. The number of nitrogens with zero attached hydrogens (tertiary/aromatic N) is 4. The van der Waals surface area contributed by atoms with Crippen LogP contribution in [0.2, 0.25) is 0 Å². The number of anilines is 1. The van der Waals surface area contributed by atoms with Crippen molar-refractivity contribution < 1.29 is 23.8 Å². The van der Waals surface area contributed by atoms with Gasteiger partial charge in [0.1, 0.15) is 6.54 Å². The van der Waals surface area contributed by atoms with Crippen LogP contribution in [0.3, 0.4) is 0 Å². The predicted molar refractivity (Wildman–Crippen MR) is 112 cm³/mol. The number of hydrogen-bond acceptors (Lipinski definition) is 8. The van der Waals surface area contributed by atoms with Crippen LogP contribution < -0.4 is 14.8 Å².